The second kappa shape index (κ2) is 18.4. The van der Waals surface area contributed by atoms with Crippen LogP contribution in [0.25, 0.3) is 0 Å². The first kappa shape index (κ1) is 29.4. The van der Waals surface area contributed by atoms with Crippen molar-refractivity contribution in [2.75, 3.05) is 80.5 Å². The van der Waals surface area contributed by atoms with E-state index in [1.165, 1.54) is 90.9 Å². The van der Waals surface area contributed by atoms with Gasteiger partial charge in [0.1, 0.15) is 0 Å². The Labute approximate surface area is 153 Å². The van der Waals surface area contributed by atoms with Gasteiger partial charge in [0.05, 0.1) is 0 Å². The first-order valence-corrected chi connectivity index (χ1v) is 9.32. The van der Waals surface area contributed by atoms with Gasteiger partial charge in [0.2, 0.25) is 0 Å². The summed E-state index contributed by atoms with van der Waals surface area (Å²) in [7, 11) is 8.73. The molecule has 3 aliphatic heterocycles. The fraction of sp³-hybridized carbons (Fsp3) is 1.00. The number of piperazine rings is 1. The van der Waals surface area contributed by atoms with E-state index in [2.05, 4.69) is 47.8 Å². The molecule has 0 radical (unpaired) electrons. The average Bonchev–Trinajstić information content (AvgIpc) is 2.53. The van der Waals surface area contributed by atoms with Crippen molar-refractivity contribution in [2.45, 2.75) is 38.5 Å². The number of likely N-dealkylation sites (tertiary alicyclic amines) is 2. The Morgan fingerprint density at radius 1 is 0.320 bits per heavy atom. The Hall–Kier alpha value is -0.370. The van der Waals surface area contributed by atoms with Crippen LogP contribution >= 0.6 is 0 Å². The third-order valence-corrected chi connectivity index (χ3v) is 4.89. The minimum absolute atomic E-state index is 0. The average molecular weight is 373 g/mol. The third-order valence-electron chi connectivity index (χ3n) is 4.89. The zero-order valence-electron chi connectivity index (χ0n) is 16.9. The van der Waals surface area contributed by atoms with Crippen LogP contribution in [-0.2, 0) is 0 Å². The van der Waals surface area contributed by atoms with Crippen LogP contribution in [-0.4, -0.2) is 100 Å². The molecule has 0 bridgehead atoms. The predicted molar refractivity (Wildman–Crippen MR) is 105 cm³/mol. The predicted octanol–water partition coefficient (Wildman–Crippen LogP) is 2.53. The molecule has 3 fully saturated rings. The van der Waals surface area contributed by atoms with Crippen LogP contribution in [0.3, 0.4) is 0 Å². The van der Waals surface area contributed by atoms with Gasteiger partial charge in [-0.1, -0.05) is 12.8 Å². The van der Waals surface area contributed by atoms with E-state index >= 15 is 0 Å². The van der Waals surface area contributed by atoms with E-state index in [4.69, 9.17) is 0 Å². The Bertz CT molecular complexity index is 227. The summed E-state index contributed by atoms with van der Waals surface area (Å²) in [6.45, 7) is 10.2. The second-order valence-corrected chi connectivity index (χ2v) is 7.33. The van der Waals surface area contributed by atoms with Gasteiger partial charge in [-0.2, -0.15) is 0 Å². The number of likely N-dealkylation sites (N-methyl/N-ethyl adjacent to an activating group) is 2. The zero-order chi connectivity index (χ0) is 16.2. The topological polar surface area (TPSA) is 13.0 Å². The van der Waals surface area contributed by atoms with Crippen molar-refractivity contribution >= 4 is 0 Å². The van der Waals surface area contributed by atoms with Crippen LogP contribution < -0.4 is 0 Å². The molecule has 0 aliphatic carbocycles. The summed E-state index contributed by atoms with van der Waals surface area (Å²) in [5.41, 5.74) is 0. The summed E-state index contributed by atoms with van der Waals surface area (Å²) in [6, 6.07) is 0. The molecule has 0 N–H and O–H groups in total. The molecule has 3 rings (SSSR count). The van der Waals surface area contributed by atoms with Crippen molar-refractivity contribution < 1.29 is 14.1 Å². The van der Waals surface area contributed by atoms with Crippen LogP contribution in [0.1, 0.15) is 38.5 Å². The van der Waals surface area contributed by atoms with Gasteiger partial charge in [-0.3, -0.25) is 14.1 Å². The number of rotatable bonds is 0. The smallest absolute Gasteiger partial charge is 0.0107 e. The number of hydrogen-bond donors (Lipinski definition) is 0. The minimum Gasteiger partial charge on any atom is -0.306 e. The molecule has 156 valence electrons. The van der Waals surface area contributed by atoms with E-state index in [0.29, 0.717) is 0 Å². The maximum atomic E-state index is 2.39. The molecule has 0 spiro atoms. The van der Waals surface area contributed by atoms with Gasteiger partial charge in [-0.15, -0.1) is 0 Å². The lowest BCUT2D eigenvalue weighted by Gasteiger charge is -2.28. The van der Waals surface area contributed by atoms with E-state index in [9.17, 15) is 0 Å². The van der Waals surface area contributed by atoms with Crippen molar-refractivity contribution in [3.05, 3.63) is 0 Å². The molecular formula is C18H43F3N4. The fourth-order valence-corrected chi connectivity index (χ4v) is 3.01. The summed E-state index contributed by atoms with van der Waals surface area (Å²) < 4.78 is 0. The van der Waals surface area contributed by atoms with Crippen LogP contribution in [0.4, 0.5) is 14.1 Å². The molecule has 0 amide bonds. The number of hydrogen-bond acceptors (Lipinski definition) is 4. The van der Waals surface area contributed by atoms with Crippen LogP contribution in [0.5, 0.6) is 0 Å². The molecule has 3 aliphatic rings. The maximum absolute atomic E-state index is 2.39. The van der Waals surface area contributed by atoms with Crippen molar-refractivity contribution in [3.8, 4) is 0 Å². The van der Waals surface area contributed by atoms with Gasteiger partial charge in [-0.25, -0.2) is 0 Å². The molecule has 0 aromatic heterocycles. The summed E-state index contributed by atoms with van der Waals surface area (Å²) in [4.78, 5) is 9.51. The SMILES string of the molecule is CN1CCCCC1.CN1CCCCC1.CN1CCN(C)CC1.F.F.F. The third kappa shape index (κ3) is 16.8. The highest BCUT2D eigenvalue weighted by molar-refractivity contribution is 4.64. The fourth-order valence-electron chi connectivity index (χ4n) is 3.01. The largest absolute Gasteiger partial charge is 0.306 e. The highest BCUT2D eigenvalue weighted by atomic mass is 19.0. The lowest BCUT2D eigenvalue weighted by Crippen LogP contribution is -2.42. The van der Waals surface area contributed by atoms with Gasteiger partial charge in [0, 0.05) is 26.2 Å². The van der Waals surface area contributed by atoms with E-state index < -0.39 is 0 Å². The Morgan fingerprint density at radius 2 is 0.520 bits per heavy atom. The molecule has 0 aromatic carbocycles. The van der Waals surface area contributed by atoms with E-state index in [1.54, 1.807) is 0 Å². The van der Waals surface area contributed by atoms with Crippen LogP contribution in [0, 0.1) is 0 Å². The molecule has 0 saturated carbocycles. The monoisotopic (exact) mass is 372 g/mol. The van der Waals surface area contributed by atoms with Gasteiger partial charge in [0.15, 0.2) is 0 Å². The molecule has 25 heavy (non-hydrogen) atoms. The molecule has 0 aromatic rings. The van der Waals surface area contributed by atoms with E-state index in [-0.39, 0.29) is 14.1 Å². The summed E-state index contributed by atoms with van der Waals surface area (Å²) in [5, 5.41) is 0. The van der Waals surface area contributed by atoms with Gasteiger partial charge in [-0.05, 0) is 80.1 Å². The van der Waals surface area contributed by atoms with Crippen molar-refractivity contribution in [1.82, 2.24) is 19.6 Å². The van der Waals surface area contributed by atoms with E-state index in [1.807, 2.05) is 0 Å². The highest BCUT2D eigenvalue weighted by Crippen LogP contribution is 2.05. The first-order chi connectivity index (χ1) is 10.6. The van der Waals surface area contributed by atoms with Crippen LogP contribution in [0.2, 0.25) is 0 Å². The molecular weight excluding hydrogens is 329 g/mol. The normalized spacial score (nSPS) is 22.6. The number of halogens is 3. The van der Waals surface area contributed by atoms with E-state index in [0.717, 1.165) is 0 Å². The summed E-state index contributed by atoms with van der Waals surface area (Å²) in [5.74, 6) is 0. The Balaban J connectivity index is -0.000000275. The molecule has 3 saturated heterocycles. The molecule has 3 heterocycles. The molecule has 0 unspecified atom stereocenters. The lowest BCUT2D eigenvalue weighted by molar-refractivity contribution is 0.181. The quantitative estimate of drug-likeness (QED) is 0.648. The standard InChI is InChI=1S/C6H14N2.2C6H13N.3FH/c1-7-3-5-8(2)6-4-7;2*1-7-5-3-2-4-6-7;;;/h3-6H2,1-2H3;2*2-6H2,1H3;3*1H. The first-order valence-electron chi connectivity index (χ1n) is 9.32. The molecule has 4 nitrogen and oxygen atoms in total. The minimum atomic E-state index is 0. The second-order valence-electron chi connectivity index (χ2n) is 7.33. The Kier molecular flexibility index (Phi) is 21.7. The maximum Gasteiger partial charge on any atom is 0.0107 e. The molecule has 0 atom stereocenters. The number of piperidine rings is 2. The zero-order valence-corrected chi connectivity index (χ0v) is 16.9. The van der Waals surface area contributed by atoms with Crippen molar-refractivity contribution in [3.63, 3.8) is 0 Å². The summed E-state index contributed by atoms with van der Waals surface area (Å²) in [6.07, 6.45) is 8.55. The van der Waals surface area contributed by atoms with Gasteiger partial charge >= 0.3 is 0 Å². The Morgan fingerprint density at radius 3 is 0.680 bits per heavy atom. The van der Waals surface area contributed by atoms with Gasteiger partial charge in [0.25, 0.3) is 0 Å². The highest BCUT2D eigenvalue weighted by Gasteiger charge is 2.07. The molecule has 7 heteroatoms. The van der Waals surface area contributed by atoms with Crippen molar-refractivity contribution in [1.29, 1.82) is 0 Å². The lowest BCUT2D eigenvalue weighted by atomic mass is 10.1. The van der Waals surface area contributed by atoms with Crippen molar-refractivity contribution in [2.24, 2.45) is 0 Å². The van der Waals surface area contributed by atoms with Gasteiger partial charge < -0.3 is 19.6 Å². The number of nitrogens with zero attached hydrogens (tertiary/aromatic N) is 4. The summed E-state index contributed by atoms with van der Waals surface area (Å²) >= 11 is 0. The van der Waals surface area contributed by atoms with Crippen LogP contribution in [0.15, 0.2) is 0 Å².